The first kappa shape index (κ1) is 17.2. The monoisotopic (exact) mass is 355 g/mol. The van der Waals surface area contributed by atoms with Crippen LogP contribution in [0, 0.1) is 17.7 Å². The van der Waals surface area contributed by atoms with Crippen molar-refractivity contribution in [3.05, 3.63) is 59.1 Å². The van der Waals surface area contributed by atoms with E-state index >= 15 is 0 Å². The Labute approximate surface area is 149 Å². The number of nitrogens with zero attached hydrogens (tertiary/aromatic N) is 2. The van der Waals surface area contributed by atoms with Crippen LogP contribution in [0.15, 0.2) is 42.7 Å². The summed E-state index contributed by atoms with van der Waals surface area (Å²) in [7, 11) is 0. The Kier molecular flexibility index (Phi) is 5.44. The van der Waals surface area contributed by atoms with Crippen LogP contribution in [-0.4, -0.2) is 21.7 Å². The molecule has 126 valence electrons. The zero-order valence-corrected chi connectivity index (χ0v) is 14.0. The third-order valence-corrected chi connectivity index (χ3v) is 3.80. The van der Waals surface area contributed by atoms with Crippen molar-refractivity contribution in [2.24, 2.45) is 0 Å². The number of aromatic nitrogens is 2. The molecule has 0 aliphatic rings. The van der Waals surface area contributed by atoms with E-state index in [4.69, 9.17) is 16.7 Å². The Balaban J connectivity index is 1.93. The van der Waals surface area contributed by atoms with Gasteiger partial charge in [-0.3, -0.25) is 0 Å². The molecular weight excluding hydrogens is 341 g/mol. The van der Waals surface area contributed by atoms with Gasteiger partial charge in [-0.05, 0) is 42.8 Å². The van der Waals surface area contributed by atoms with Gasteiger partial charge in [0.2, 0.25) is 0 Å². The molecule has 4 nitrogen and oxygen atoms in total. The number of aliphatic hydroxyl groups excluding tert-OH is 1. The van der Waals surface area contributed by atoms with Gasteiger partial charge in [-0.15, -0.1) is 0 Å². The van der Waals surface area contributed by atoms with E-state index in [1.54, 1.807) is 6.07 Å². The third kappa shape index (κ3) is 4.24. The third-order valence-electron chi connectivity index (χ3n) is 3.51. The van der Waals surface area contributed by atoms with Gasteiger partial charge in [0.25, 0.3) is 0 Å². The molecule has 0 atom stereocenters. The molecule has 1 heterocycles. The zero-order chi connectivity index (χ0) is 17.6. The number of nitrogens with one attached hydrogen (secondary N) is 1. The number of unbranched alkanes of at least 4 members (excludes halogenated alkanes) is 1. The van der Waals surface area contributed by atoms with E-state index < -0.39 is 5.82 Å². The quantitative estimate of drug-likeness (QED) is 0.541. The number of hydrogen-bond acceptors (Lipinski definition) is 4. The maximum absolute atomic E-state index is 13.3. The lowest BCUT2D eigenvalue weighted by atomic mass is 10.1. The summed E-state index contributed by atoms with van der Waals surface area (Å²) in [5, 5.41) is 12.8. The number of rotatable bonds is 4. The van der Waals surface area contributed by atoms with Gasteiger partial charge in [0.05, 0.1) is 10.5 Å². The van der Waals surface area contributed by atoms with Crippen LogP contribution >= 0.6 is 11.6 Å². The summed E-state index contributed by atoms with van der Waals surface area (Å²) in [5.41, 5.74) is 2.23. The minimum Gasteiger partial charge on any atom is -0.396 e. The molecule has 0 amide bonds. The summed E-state index contributed by atoms with van der Waals surface area (Å²) >= 11 is 5.82. The molecule has 0 unspecified atom stereocenters. The first-order valence-electron chi connectivity index (χ1n) is 7.74. The minimum atomic E-state index is -0.472. The smallest absolute Gasteiger partial charge is 0.141 e. The molecule has 0 aliphatic heterocycles. The van der Waals surface area contributed by atoms with Crippen LogP contribution in [0.5, 0.6) is 0 Å². The molecular formula is C19H15ClFN3O. The van der Waals surface area contributed by atoms with E-state index in [0.717, 1.165) is 16.5 Å². The summed E-state index contributed by atoms with van der Waals surface area (Å²) in [6, 6.07) is 10.0. The van der Waals surface area contributed by atoms with Gasteiger partial charge in [0.15, 0.2) is 0 Å². The highest BCUT2D eigenvalue weighted by atomic mass is 35.5. The highest BCUT2D eigenvalue weighted by Crippen LogP contribution is 2.26. The van der Waals surface area contributed by atoms with Gasteiger partial charge in [-0.1, -0.05) is 23.4 Å². The van der Waals surface area contributed by atoms with E-state index in [-0.39, 0.29) is 11.6 Å². The molecule has 0 aliphatic carbocycles. The van der Waals surface area contributed by atoms with Gasteiger partial charge in [0, 0.05) is 29.7 Å². The molecule has 1 aromatic heterocycles. The molecule has 0 bridgehead atoms. The van der Waals surface area contributed by atoms with Gasteiger partial charge in [-0.2, -0.15) is 0 Å². The van der Waals surface area contributed by atoms with E-state index in [1.807, 2.05) is 18.2 Å². The second-order valence-electron chi connectivity index (χ2n) is 5.34. The number of halogens is 2. The normalized spacial score (nSPS) is 10.4. The average molecular weight is 356 g/mol. The maximum Gasteiger partial charge on any atom is 0.141 e. The van der Waals surface area contributed by atoms with Crippen molar-refractivity contribution in [3.63, 3.8) is 0 Å². The minimum absolute atomic E-state index is 0.0406. The molecule has 25 heavy (non-hydrogen) atoms. The van der Waals surface area contributed by atoms with Gasteiger partial charge >= 0.3 is 0 Å². The lowest BCUT2D eigenvalue weighted by Crippen LogP contribution is -1.96. The number of benzene rings is 2. The molecule has 2 aromatic carbocycles. The van der Waals surface area contributed by atoms with Crippen molar-refractivity contribution in [1.29, 1.82) is 0 Å². The van der Waals surface area contributed by atoms with Crippen molar-refractivity contribution in [1.82, 2.24) is 9.97 Å². The van der Waals surface area contributed by atoms with E-state index in [0.29, 0.717) is 24.3 Å². The average Bonchev–Trinajstić information content (AvgIpc) is 2.62. The van der Waals surface area contributed by atoms with Crippen LogP contribution in [0.4, 0.5) is 15.9 Å². The van der Waals surface area contributed by atoms with Gasteiger partial charge in [-0.25, -0.2) is 14.4 Å². The predicted octanol–water partition coefficient (Wildman–Crippen LogP) is 4.29. The van der Waals surface area contributed by atoms with Crippen LogP contribution in [-0.2, 0) is 0 Å². The van der Waals surface area contributed by atoms with Crippen molar-refractivity contribution < 1.29 is 9.50 Å². The molecule has 2 N–H and O–H groups in total. The number of anilines is 2. The van der Waals surface area contributed by atoms with Crippen molar-refractivity contribution >= 4 is 34.0 Å². The highest BCUT2D eigenvalue weighted by Gasteiger charge is 2.07. The fourth-order valence-electron chi connectivity index (χ4n) is 2.28. The van der Waals surface area contributed by atoms with Crippen molar-refractivity contribution in [3.8, 4) is 11.8 Å². The first-order chi connectivity index (χ1) is 12.2. The van der Waals surface area contributed by atoms with Crippen LogP contribution in [0.1, 0.15) is 18.4 Å². The zero-order valence-electron chi connectivity index (χ0n) is 13.3. The molecule has 0 saturated heterocycles. The number of hydrogen-bond donors (Lipinski definition) is 2. The Morgan fingerprint density at radius 3 is 2.84 bits per heavy atom. The first-order valence-corrected chi connectivity index (χ1v) is 8.12. The highest BCUT2D eigenvalue weighted by molar-refractivity contribution is 6.31. The molecule has 0 radical (unpaired) electrons. The van der Waals surface area contributed by atoms with Gasteiger partial charge in [0.1, 0.15) is 18.0 Å². The van der Waals surface area contributed by atoms with Crippen LogP contribution in [0.2, 0.25) is 5.02 Å². The number of fused-ring (bicyclic) bond motifs is 1. The number of aliphatic hydroxyl groups is 1. The molecule has 0 saturated carbocycles. The summed E-state index contributed by atoms with van der Waals surface area (Å²) in [4.78, 5) is 8.51. The molecule has 6 heteroatoms. The van der Waals surface area contributed by atoms with Crippen molar-refractivity contribution in [2.45, 2.75) is 12.8 Å². The lowest BCUT2D eigenvalue weighted by molar-refractivity contribution is 0.290. The summed E-state index contributed by atoms with van der Waals surface area (Å²) in [6.07, 6.45) is 2.75. The Morgan fingerprint density at radius 1 is 1.16 bits per heavy atom. The largest absolute Gasteiger partial charge is 0.396 e. The van der Waals surface area contributed by atoms with Crippen LogP contribution in [0.3, 0.4) is 0 Å². The molecule has 0 fully saturated rings. The van der Waals surface area contributed by atoms with Crippen LogP contribution in [0.25, 0.3) is 10.9 Å². The standard InChI is InChI=1S/C19H15ClFN3O/c20-16-11-14(6-7-17(16)21)24-19-15-10-13(4-2-1-3-9-25)5-8-18(15)22-12-23-19/h5-8,10-12,25H,1,3,9H2,(H,22,23,24). The predicted molar refractivity (Wildman–Crippen MR) is 97.4 cm³/mol. The van der Waals surface area contributed by atoms with E-state index in [9.17, 15) is 4.39 Å². The second-order valence-corrected chi connectivity index (χ2v) is 5.74. The Hall–Kier alpha value is -2.68. The van der Waals surface area contributed by atoms with Gasteiger partial charge < -0.3 is 10.4 Å². The lowest BCUT2D eigenvalue weighted by Gasteiger charge is -2.09. The summed E-state index contributed by atoms with van der Waals surface area (Å²) < 4.78 is 13.3. The molecule has 0 spiro atoms. The van der Waals surface area contributed by atoms with Crippen molar-refractivity contribution in [2.75, 3.05) is 11.9 Å². The van der Waals surface area contributed by atoms with E-state index in [2.05, 4.69) is 27.1 Å². The van der Waals surface area contributed by atoms with Crippen LogP contribution < -0.4 is 5.32 Å². The fourth-order valence-corrected chi connectivity index (χ4v) is 2.46. The summed E-state index contributed by atoms with van der Waals surface area (Å²) in [5.74, 6) is 6.20. The SMILES string of the molecule is OCCCC#Cc1ccc2ncnc(Nc3ccc(F)c(Cl)c3)c2c1. The Bertz CT molecular complexity index is 966. The second kappa shape index (κ2) is 7.93. The maximum atomic E-state index is 13.3. The molecule has 3 rings (SSSR count). The topological polar surface area (TPSA) is 58.0 Å². The van der Waals surface area contributed by atoms with E-state index in [1.165, 1.54) is 18.5 Å². The summed E-state index contributed by atoms with van der Waals surface area (Å²) in [6.45, 7) is 0.133. The molecule has 3 aromatic rings. The fraction of sp³-hybridized carbons (Fsp3) is 0.158. The Morgan fingerprint density at radius 2 is 2.04 bits per heavy atom.